The predicted molar refractivity (Wildman–Crippen MR) is 95.8 cm³/mol. The summed E-state index contributed by atoms with van der Waals surface area (Å²) in [5, 5.41) is 1.58. The molecule has 0 saturated carbocycles. The molecule has 0 N–H and O–H groups in total. The third-order valence-corrected chi connectivity index (χ3v) is 4.92. The lowest BCUT2D eigenvalue weighted by atomic mass is 10.2. The van der Waals surface area contributed by atoms with Crippen LogP contribution in [0.2, 0.25) is 5.02 Å². The standard InChI is InChI=1S/C16H15ClN4O2S/c1-9-18-13-12(15(22)21(3)16(23)20(13)2)14(19-9)24-8-10-5-4-6-11(17)7-10/h4-7H,8H2,1-3H3. The first kappa shape index (κ1) is 16.7. The molecule has 0 spiro atoms. The second-order valence-corrected chi connectivity index (χ2v) is 6.80. The van der Waals surface area contributed by atoms with Crippen molar-refractivity contribution >= 4 is 34.4 Å². The zero-order valence-electron chi connectivity index (χ0n) is 13.4. The van der Waals surface area contributed by atoms with E-state index in [1.165, 1.54) is 23.4 Å². The van der Waals surface area contributed by atoms with E-state index in [1.807, 2.05) is 24.3 Å². The molecule has 24 heavy (non-hydrogen) atoms. The number of aromatic nitrogens is 4. The first-order valence-electron chi connectivity index (χ1n) is 7.20. The van der Waals surface area contributed by atoms with Gasteiger partial charge >= 0.3 is 5.69 Å². The Morgan fingerprint density at radius 3 is 2.62 bits per heavy atom. The first-order chi connectivity index (χ1) is 11.4. The Hall–Kier alpha value is -2.12. The van der Waals surface area contributed by atoms with Crippen LogP contribution in [0, 0.1) is 6.92 Å². The molecule has 8 heteroatoms. The van der Waals surface area contributed by atoms with E-state index in [-0.39, 0.29) is 5.56 Å². The van der Waals surface area contributed by atoms with Gasteiger partial charge in [0.15, 0.2) is 5.65 Å². The normalized spacial score (nSPS) is 11.2. The van der Waals surface area contributed by atoms with Crippen molar-refractivity contribution in [2.24, 2.45) is 14.1 Å². The highest BCUT2D eigenvalue weighted by molar-refractivity contribution is 7.98. The third-order valence-electron chi connectivity index (χ3n) is 3.64. The molecule has 2 heterocycles. The van der Waals surface area contributed by atoms with E-state index in [0.717, 1.165) is 10.1 Å². The number of thioether (sulfide) groups is 1. The Bertz CT molecular complexity index is 1060. The minimum atomic E-state index is -0.406. The molecule has 1 aromatic carbocycles. The van der Waals surface area contributed by atoms with Crippen molar-refractivity contribution in [2.45, 2.75) is 17.7 Å². The number of halogens is 1. The number of nitrogens with zero attached hydrogens (tertiary/aromatic N) is 4. The van der Waals surface area contributed by atoms with Gasteiger partial charge in [-0.15, -0.1) is 11.8 Å². The molecule has 3 aromatic rings. The summed E-state index contributed by atoms with van der Waals surface area (Å²) in [6.07, 6.45) is 0. The molecule has 0 unspecified atom stereocenters. The fourth-order valence-corrected chi connectivity index (χ4v) is 3.63. The zero-order chi connectivity index (χ0) is 17.4. The fraction of sp³-hybridized carbons (Fsp3) is 0.250. The van der Waals surface area contributed by atoms with Crippen molar-refractivity contribution in [2.75, 3.05) is 0 Å². The maximum atomic E-state index is 12.5. The van der Waals surface area contributed by atoms with Crippen LogP contribution < -0.4 is 11.2 Å². The van der Waals surface area contributed by atoms with Gasteiger partial charge in [-0.2, -0.15) is 0 Å². The highest BCUT2D eigenvalue weighted by atomic mass is 35.5. The van der Waals surface area contributed by atoms with Crippen LogP contribution in [0.25, 0.3) is 11.0 Å². The molecule has 0 bridgehead atoms. The first-order valence-corrected chi connectivity index (χ1v) is 8.56. The van der Waals surface area contributed by atoms with Gasteiger partial charge in [-0.3, -0.25) is 13.9 Å². The second-order valence-electron chi connectivity index (χ2n) is 5.40. The largest absolute Gasteiger partial charge is 0.332 e. The molecule has 0 radical (unpaired) electrons. The lowest BCUT2D eigenvalue weighted by Crippen LogP contribution is -2.37. The highest BCUT2D eigenvalue weighted by Gasteiger charge is 2.16. The number of hydrogen-bond donors (Lipinski definition) is 0. The molecule has 0 fully saturated rings. The number of fused-ring (bicyclic) bond motifs is 1. The molecule has 0 aliphatic rings. The van der Waals surface area contributed by atoms with E-state index in [2.05, 4.69) is 9.97 Å². The average Bonchev–Trinajstić information content (AvgIpc) is 2.55. The molecule has 6 nitrogen and oxygen atoms in total. The van der Waals surface area contributed by atoms with Gasteiger partial charge in [-0.25, -0.2) is 14.8 Å². The van der Waals surface area contributed by atoms with Crippen LogP contribution in [0.1, 0.15) is 11.4 Å². The summed E-state index contributed by atoms with van der Waals surface area (Å²) in [6.45, 7) is 1.74. The average molecular weight is 363 g/mol. The van der Waals surface area contributed by atoms with E-state index >= 15 is 0 Å². The minimum absolute atomic E-state index is 0.351. The highest BCUT2D eigenvalue weighted by Crippen LogP contribution is 2.26. The summed E-state index contributed by atoms with van der Waals surface area (Å²) >= 11 is 7.43. The van der Waals surface area contributed by atoms with Crippen LogP contribution in [-0.2, 0) is 19.8 Å². The Morgan fingerprint density at radius 1 is 1.17 bits per heavy atom. The maximum absolute atomic E-state index is 12.5. The van der Waals surface area contributed by atoms with Crippen molar-refractivity contribution < 1.29 is 0 Å². The van der Waals surface area contributed by atoms with E-state index in [1.54, 1.807) is 14.0 Å². The van der Waals surface area contributed by atoms with Crippen molar-refractivity contribution in [1.82, 2.24) is 19.1 Å². The molecule has 0 atom stereocenters. The van der Waals surface area contributed by atoms with Gasteiger partial charge in [0.05, 0.1) is 0 Å². The summed E-state index contributed by atoms with van der Waals surface area (Å²) in [6, 6.07) is 7.53. The van der Waals surface area contributed by atoms with Gasteiger partial charge in [-0.1, -0.05) is 23.7 Å². The van der Waals surface area contributed by atoms with Gasteiger partial charge in [0, 0.05) is 24.9 Å². The molecule has 0 aliphatic heterocycles. The molecular weight excluding hydrogens is 348 g/mol. The van der Waals surface area contributed by atoms with E-state index < -0.39 is 5.69 Å². The number of benzene rings is 1. The molecule has 2 aromatic heterocycles. The lowest BCUT2D eigenvalue weighted by Gasteiger charge is -2.10. The van der Waals surface area contributed by atoms with Gasteiger partial charge in [0.25, 0.3) is 5.56 Å². The van der Waals surface area contributed by atoms with Crippen molar-refractivity contribution in [3.05, 3.63) is 61.5 Å². The lowest BCUT2D eigenvalue weighted by molar-refractivity contribution is 0.701. The third kappa shape index (κ3) is 2.97. The Labute approximate surface area is 147 Å². The van der Waals surface area contributed by atoms with E-state index in [0.29, 0.717) is 32.7 Å². The quantitative estimate of drug-likeness (QED) is 0.528. The van der Waals surface area contributed by atoms with Crippen molar-refractivity contribution in [1.29, 1.82) is 0 Å². The van der Waals surface area contributed by atoms with E-state index in [4.69, 9.17) is 11.6 Å². The van der Waals surface area contributed by atoms with Crippen LogP contribution in [0.3, 0.4) is 0 Å². The SMILES string of the molecule is Cc1nc(SCc2cccc(Cl)c2)c2c(=O)n(C)c(=O)n(C)c2n1. The number of rotatable bonds is 3. The Morgan fingerprint density at radius 2 is 1.92 bits per heavy atom. The van der Waals surface area contributed by atoms with Gasteiger partial charge in [0.1, 0.15) is 16.2 Å². The van der Waals surface area contributed by atoms with Crippen LogP contribution >= 0.6 is 23.4 Å². The van der Waals surface area contributed by atoms with Crippen LogP contribution in [-0.4, -0.2) is 19.1 Å². The van der Waals surface area contributed by atoms with Gasteiger partial charge in [-0.05, 0) is 24.6 Å². The van der Waals surface area contributed by atoms with Crippen LogP contribution in [0.15, 0.2) is 38.9 Å². The second kappa shape index (κ2) is 6.41. The number of aryl methyl sites for hydroxylation is 2. The van der Waals surface area contributed by atoms with Gasteiger partial charge < -0.3 is 0 Å². The van der Waals surface area contributed by atoms with E-state index in [9.17, 15) is 9.59 Å². The zero-order valence-corrected chi connectivity index (χ0v) is 15.0. The van der Waals surface area contributed by atoms with Crippen LogP contribution in [0.4, 0.5) is 0 Å². The summed E-state index contributed by atoms with van der Waals surface area (Å²) in [5.74, 6) is 1.12. The smallest absolute Gasteiger partial charge is 0.280 e. The maximum Gasteiger partial charge on any atom is 0.332 e. The Kier molecular flexibility index (Phi) is 4.47. The van der Waals surface area contributed by atoms with Crippen molar-refractivity contribution in [3.63, 3.8) is 0 Å². The Balaban J connectivity index is 2.14. The summed E-state index contributed by atoms with van der Waals surface area (Å²) in [4.78, 5) is 33.3. The molecule has 0 saturated heterocycles. The monoisotopic (exact) mass is 362 g/mol. The number of hydrogen-bond acceptors (Lipinski definition) is 5. The molecular formula is C16H15ClN4O2S. The summed E-state index contributed by atoms with van der Waals surface area (Å²) in [7, 11) is 3.05. The summed E-state index contributed by atoms with van der Waals surface area (Å²) < 4.78 is 2.44. The minimum Gasteiger partial charge on any atom is -0.280 e. The predicted octanol–water partition coefficient (Wildman–Crippen LogP) is 2.28. The topological polar surface area (TPSA) is 69.8 Å². The van der Waals surface area contributed by atoms with Crippen LogP contribution in [0.5, 0.6) is 0 Å². The summed E-state index contributed by atoms with van der Waals surface area (Å²) in [5.41, 5.74) is 0.584. The fourth-order valence-electron chi connectivity index (χ4n) is 2.42. The van der Waals surface area contributed by atoms with Gasteiger partial charge in [0.2, 0.25) is 0 Å². The van der Waals surface area contributed by atoms with Crippen molar-refractivity contribution in [3.8, 4) is 0 Å². The molecule has 0 amide bonds. The molecule has 124 valence electrons. The molecule has 3 rings (SSSR count). The molecule has 0 aliphatic carbocycles.